The van der Waals surface area contributed by atoms with E-state index in [4.69, 9.17) is 19.6 Å². The SMILES string of the molecule is COc1ncc(-c2ccc3c(c2)N=C(N2CCN(CCCO)CC2)CO3)cc1NS(=O)(=O)c1ccc(F)cc1F. The summed E-state index contributed by atoms with van der Waals surface area (Å²) in [6, 6.07) is 9.16. The predicted molar refractivity (Wildman–Crippen MR) is 146 cm³/mol. The fourth-order valence-corrected chi connectivity index (χ4v) is 5.75. The van der Waals surface area contributed by atoms with Crippen LogP contribution in [0.1, 0.15) is 6.42 Å². The highest BCUT2D eigenvalue weighted by Crippen LogP contribution is 2.37. The molecule has 0 aliphatic carbocycles. The van der Waals surface area contributed by atoms with E-state index in [1.165, 1.54) is 19.4 Å². The van der Waals surface area contributed by atoms with Crippen LogP contribution in [0.25, 0.3) is 11.1 Å². The zero-order chi connectivity index (χ0) is 28.3. The summed E-state index contributed by atoms with van der Waals surface area (Å²) in [5, 5.41) is 9.07. The van der Waals surface area contributed by atoms with Gasteiger partial charge in [-0.25, -0.2) is 27.2 Å². The lowest BCUT2D eigenvalue weighted by molar-refractivity contribution is 0.161. The normalized spacial score (nSPS) is 15.7. The van der Waals surface area contributed by atoms with Gasteiger partial charge in [0.15, 0.2) is 0 Å². The van der Waals surface area contributed by atoms with Crippen LogP contribution in [-0.2, 0) is 10.0 Å². The lowest BCUT2D eigenvalue weighted by atomic mass is 10.1. The van der Waals surface area contributed by atoms with Crippen LogP contribution in [0.4, 0.5) is 20.2 Å². The number of aliphatic hydroxyl groups excluding tert-OH is 1. The molecule has 3 heterocycles. The Morgan fingerprint density at radius 3 is 2.60 bits per heavy atom. The molecule has 0 saturated carbocycles. The van der Waals surface area contributed by atoms with Gasteiger partial charge in [0.1, 0.15) is 46.1 Å². The first-order chi connectivity index (χ1) is 19.3. The van der Waals surface area contributed by atoms with Gasteiger partial charge in [-0.3, -0.25) is 9.62 Å². The number of pyridine rings is 1. The molecule has 5 rings (SSSR count). The number of hydrogen-bond acceptors (Lipinski definition) is 9. The number of amidine groups is 1. The number of rotatable bonds is 8. The second-order valence-corrected chi connectivity index (χ2v) is 11.0. The number of fused-ring (bicyclic) bond motifs is 1. The van der Waals surface area contributed by atoms with E-state index in [0.29, 0.717) is 35.2 Å². The van der Waals surface area contributed by atoms with Crippen molar-refractivity contribution < 1.29 is 31.8 Å². The van der Waals surface area contributed by atoms with Crippen molar-refractivity contribution in [3.63, 3.8) is 0 Å². The Kier molecular flexibility index (Phi) is 8.14. The van der Waals surface area contributed by atoms with E-state index >= 15 is 0 Å². The summed E-state index contributed by atoms with van der Waals surface area (Å²) in [5.74, 6) is -0.669. The van der Waals surface area contributed by atoms with Crippen molar-refractivity contribution in [2.45, 2.75) is 11.3 Å². The van der Waals surface area contributed by atoms with E-state index < -0.39 is 26.6 Å². The Morgan fingerprint density at radius 1 is 1.07 bits per heavy atom. The van der Waals surface area contributed by atoms with Gasteiger partial charge >= 0.3 is 0 Å². The highest BCUT2D eigenvalue weighted by Gasteiger charge is 2.25. The van der Waals surface area contributed by atoms with Gasteiger partial charge in [0.25, 0.3) is 10.0 Å². The minimum atomic E-state index is -4.41. The quantitative estimate of drug-likeness (QED) is 0.422. The van der Waals surface area contributed by atoms with Crippen LogP contribution in [-0.4, -0.2) is 87.2 Å². The van der Waals surface area contributed by atoms with Gasteiger partial charge < -0.3 is 19.5 Å². The van der Waals surface area contributed by atoms with Crippen LogP contribution in [0.3, 0.4) is 0 Å². The van der Waals surface area contributed by atoms with Gasteiger partial charge in [-0.05, 0) is 42.3 Å². The number of sulfonamides is 1. The van der Waals surface area contributed by atoms with E-state index in [1.807, 2.05) is 6.07 Å². The molecule has 1 saturated heterocycles. The van der Waals surface area contributed by atoms with Crippen LogP contribution in [0.5, 0.6) is 11.6 Å². The molecule has 40 heavy (non-hydrogen) atoms. The van der Waals surface area contributed by atoms with Gasteiger partial charge in [-0.15, -0.1) is 0 Å². The molecule has 2 aliphatic heterocycles. The largest absolute Gasteiger partial charge is 0.483 e. The zero-order valence-electron chi connectivity index (χ0n) is 21.8. The summed E-state index contributed by atoms with van der Waals surface area (Å²) in [5.41, 5.74) is 1.87. The van der Waals surface area contributed by atoms with Crippen molar-refractivity contribution in [1.29, 1.82) is 0 Å². The summed E-state index contributed by atoms with van der Waals surface area (Å²) in [4.78, 5) is 12.9. The number of methoxy groups -OCH3 is 1. The smallest absolute Gasteiger partial charge is 0.264 e. The zero-order valence-corrected chi connectivity index (χ0v) is 22.6. The number of nitrogens with zero attached hydrogens (tertiary/aromatic N) is 4. The molecule has 13 heteroatoms. The molecule has 2 N–H and O–H groups in total. The first kappa shape index (κ1) is 27.7. The fourth-order valence-electron chi connectivity index (χ4n) is 4.64. The van der Waals surface area contributed by atoms with Gasteiger partial charge in [-0.1, -0.05) is 6.07 Å². The van der Waals surface area contributed by atoms with Crippen molar-refractivity contribution in [2.75, 3.05) is 57.8 Å². The average molecular weight is 574 g/mol. The molecule has 0 amide bonds. The number of anilines is 1. The molecule has 0 atom stereocenters. The number of hydrogen-bond donors (Lipinski definition) is 2. The van der Waals surface area contributed by atoms with Gasteiger partial charge in [-0.2, -0.15) is 0 Å². The molecule has 0 radical (unpaired) electrons. The molecule has 0 spiro atoms. The third-order valence-electron chi connectivity index (χ3n) is 6.74. The molecule has 0 bridgehead atoms. The Bertz CT molecular complexity index is 1530. The van der Waals surface area contributed by atoms with E-state index in [2.05, 4.69) is 19.5 Å². The van der Waals surface area contributed by atoms with Gasteiger partial charge in [0.05, 0.1) is 7.11 Å². The van der Waals surface area contributed by atoms with E-state index in [-0.39, 0.29) is 18.2 Å². The monoisotopic (exact) mass is 573 g/mol. The number of aromatic nitrogens is 1. The lowest BCUT2D eigenvalue weighted by Crippen LogP contribution is -2.50. The molecule has 212 valence electrons. The summed E-state index contributed by atoms with van der Waals surface area (Å²) >= 11 is 0. The Morgan fingerprint density at radius 2 is 1.88 bits per heavy atom. The predicted octanol–water partition coefficient (Wildman–Crippen LogP) is 3.26. The molecule has 2 aliphatic rings. The Balaban J connectivity index is 1.39. The third-order valence-corrected chi connectivity index (χ3v) is 8.14. The number of nitrogens with one attached hydrogen (secondary N) is 1. The number of piperazine rings is 1. The summed E-state index contributed by atoms with van der Waals surface area (Å²) < 4.78 is 66.8. The highest BCUT2D eigenvalue weighted by atomic mass is 32.2. The maximum atomic E-state index is 14.2. The van der Waals surface area contributed by atoms with E-state index in [0.717, 1.165) is 57.1 Å². The van der Waals surface area contributed by atoms with Crippen LogP contribution in [0, 0.1) is 11.6 Å². The van der Waals surface area contributed by atoms with Crippen LogP contribution in [0.15, 0.2) is 58.5 Å². The number of benzene rings is 2. The number of aliphatic hydroxyl groups is 1. The van der Waals surface area contributed by atoms with E-state index in [1.54, 1.807) is 12.1 Å². The molecule has 1 fully saturated rings. The van der Waals surface area contributed by atoms with Crippen molar-refractivity contribution in [3.8, 4) is 22.8 Å². The minimum Gasteiger partial charge on any atom is -0.483 e. The molecule has 2 aromatic carbocycles. The first-order valence-electron chi connectivity index (χ1n) is 12.7. The topological polar surface area (TPSA) is 117 Å². The molecular formula is C27H29F2N5O5S. The van der Waals surface area contributed by atoms with Gasteiger partial charge in [0, 0.05) is 57.2 Å². The molecule has 10 nitrogen and oxygen atoms in total. The number of halogens is 2. The van der Waals surface area contributed by atoms with Crippen LogP contribution >= 0.6 is 0 Å². The first-order valence-corrected chi connectivity index (χ1v) is 14.2. The van der Waals surface area contributed by atoms with Crippen molar-refractivity contribution in [2.24, 2.45) is 4.99 Å². The lowest BCUT2D eigenvalue weighted by Gasteiger charge is -2.37. The van der Waals surface area contributed by atoms with Gasteiger partial charge in [0.2, 0.25) is 5.88 Å². The molecule has 0 unspecified atom stereocenters. The maximum Gasteiger partial charge on any atom is 0.264 e. The Labute approximate surface area is 230 Å². The van der Waals surface area contributed by atoms with Crippen LogP contribution < -0.4 is 14.2 Å². The number of ether oxygens (including phenoxy) is 2. The summed E-state index contributed by atoms with van der Waals surface area (Å²) in [7, 11) is -3.08. The molecule has 1 aromatic heterocycles. The third kappa shape index (κ3) is 6.01. The van der Waals surface area contributed by atoms with Crippen molar-refractivity contribution in [3.05, 3.63) is 60.3 Å². The van der Waals surface area contributed by atoms with Crippen LogP contribution in [0.2, 0.25) is 0 Å². The second-order valence-electron chi connectivity index (χ2n) is 9.37. The molecule has 3 aromatic rings. The average Bonchev–Trinajstić information content (AvgIpc) is 2.95. The maximum absolute atomic E-state index is 14.2. The second kappa shape index (κ2) is 11.7. The summed E-state index contributed by atoms with van der Waals surface area (Å²) in [6.07, 6.45) is 2.28. The fraction of sp³-hybridized carbons (Fsp3) is 0.333. The van der Waals surface area contributed by atoms with Crippen molar-refractivity contribution >= 4 is 27.2 Å². The minimum absolute atomic E-state index is 0.0130. The number of aliphatic imine (C=N–C) groups is 1. The molecular weight excluding hydrogens is 544 g/mol. The van der Waals surface area contributed by atoms with Crippen molar-refractivity contribution in [1.82, 2.24) is 14.8 Å². The van der Waals surface area contributed by atoms with E-state index in [9.17, 15) is 17.2 Å². The standard InChI is InChI=1S/C27H29F2N5O5S/c1-38-27-23(32-40(36,37)25-6-4-20(28)15-21(25)29)14-19(16-30-27)18-3-5-24-22(13-18)31-26(17-39-24)34-10-8-33(9-11-34)7-2-12-35/h3-6,13-16,32,35H,2,7-12,17H2,1H3. The highest BCUT2D eigenvalue weighted by molar-refractivity contribution is 7.92. The summed E-state index contributed by atoms with van der Waals surface area (Å²) in [6.45, 7) is 4.79. The Hall–Kier alpha value is -3.81.